The van der Waals surface area contributed by atoms with Crippen LogP contribution in [0.1, 0.15) is 5.56 Å². The maximum absolute atomic E-state index is 12.9. The minimum absolute atomic E-state index is 0.216. The van der Waals surface area contributed by atoms with Crippen LogP contribution in [0.3, 0.4) is 0 Å². The van der Waals surface area contributed by atoms with Crippen molar-refractivity contribution in [3.8, 4) is 0 Å². The van der Waals surface area contributed by atoms with E-state index in [9.17, 15) is 12.8 Å². The van der Waals surface area contributed by atoms with E-state index in [4.69, 9.17) is 0 Å². The number of sulfone groups is 1. The van der Waals surface area contributed by atoms with Gasteiger partial charge in [0.15, 0.2) is 9.84 Å². The molecule has 23 heavy (non-hydrogen) atoms. The van der Waals surface area contributed by atoms with Crippen LogP contribution in [-0.2, 0) is 16.4 Å². The summed E-state index contributed by atoms with van der Waals surface area (Å²) in [6, 6.07) is 10.8. The SMILES string of the molecule is CS(=O)(=O)c1ccc2cnc(NCc3ccc(F)cc3)nc2c1. The molecule has 1 N–H and O–H groups in total. The summed E-state index contributed by atoms with van der Waals surface area (Å²) in [6.07, 6.45) is 2.78. The second kappa shape index (κ2) is 5.92. The van der Waals surface area contributed by atoms with Crippen LogP contribution in [0.15, 0.2) is 53.6 Å². The summed E-state index contributed by atoms with van der Waals surface area (Å²) in [5, 5.41) is 3.79. The van der Waals surface area contributed by atoms with Gasteiger partial charge in [-0.1, -0.05) is 12.1 Å². The summed E-state index contributed by atoms with van der Waals surface area (Å²) >= 11 is 0. The number of nitrogens with zero attached hydrogens (tertiary/aromatic N) is 2. The monoisotopic (exact) mass is 331 g/mol. The van der Waals surface area contributed by atoms with E-state index >= 15 is 0 Å². The Labute approximate surface area is 133 Å². The zero-order valence-corrected chi connectivity index (χ0v) is 13.1. The number of hydrogen-bond donors (Lipinski definition) is 1. The molecule has 0 aliphatic rings. The zero-order chi connectivity index (χ0) is 16.4. The smallest absolute Gasteiger partial charge is 0.223 e. The van der Waals surface area contributed by atoms with Gasteiger partial charge in [-0.2, -0.15) is 0 Å². The molecule has 7 heteroatoms. The standard InChI is InChI=1S/C16H14FN3O2S/c1-23(21,22)14-7-4-12-10-19-16(20-15(12)8-14)18-9-11-2-5-13(17)6-3-11/h2-8,10H,9H2,1H3,(H,18,19,20). The van der Waals surface area contributed by atoms with Gasteiger partial charge >= 0.3 is 0 Å². The van der Waals surface area contributed by atoms with Crippen LogP contribution in [0.25, 0.3) is 10.9 Å². The van der Waals surface area contributed by atoms with Crippen molar-refractivity contribution < 1.29 is 12.8 Å². The lowest BCUT2D eigenvalue weighted by Gasteiger charge is -2.07. The first-order valence-corrected chi connectivity index (χ1v) is 8.76. The lowest BCUT2D eigenvalue weighted by molar-refractivity contribution is 0.602. The summed E-state index contributed by atoms with van der Waals surface area (Å²) < 4.78 is 36.1. The third-order valence-corrected chi connectivity index (χ3v) is 4.46. The molecular weight excluding hydrogens is 317 g/mol. The molecule has 118 valence electrons. The predicted molar refractivity (Wildman–Crippen MR) is 86.4 cm³/mol. The predicted octanol–water partition coefficient (Wildman–Crippen LogP) is 2.78. The number of benzene rings is 2. The molecule has 0 spiro atoms. The van der Waals surface area contributed by atoms with Crippen LogP contribution >= 0.6 is 0 Å². The number of fused-ring (bicyclic) bond motifs is 1. The number of hydrogen-bond acceptors (Lipinski definition) is 5. The minimum Gasteiger partial charge on any atom is -0.350 e. The highest BCUT2D eigenvalue weighted by Crippen LogP contribution is 2.18. The van der Waals surface area contributed by atoms with Crippen molar-refractivity contribution in [3.63, 3.8) is 0 Å². The Bertz CT molecular complexity index is 957. The van der Waals surface area contributed by atoms with E-state index in [0.717, 1.165) is 17.2 Å². The summed E-state index contributed by atoms with van der Waals surface area (Å²) in [5.74, 6) is 0.0940. The Morgan fingerprint density at radius 2 is 1.87 bits per heavy atom. The van der Waals surface area contributed by atoms with Crippen molar-refractivity contribution >= 4 is 26.7 Å². The molecule has 0 unspecified atom stereocenters. The first kappa shape index (κ1) is 15.4. The van der Waals surface area contributed by atoms with Crippen LogP contribution < -0.4 is 5.32 Å². The third-order valence-electron chi connectivity index (χ3n) is 3.35. The van der Waals surface area contributed by atoms with Crippen LogP contribution in [-0.4, -0.2) is 24.6 Å². The van der Waals surface area contributed by atoms with E-state index in [-0.39, 0.29) is 10.7 Å². The molecule has 1 heterocycles. The van der Waals surface area contributed by atoms with Gasteiger partial charge in [0, 0.05) is 24.4 Å². The number of aromatic nitrogens is 2. The largest absolute Gasteiger partial charge is 0.350 e. The van der Waals surface area contributed by atoms with E-state index in [0.29, 0.717) is 18.0 Å². The van der Waals surface area contributed by atoms with Crippen molar-refractivity contribution in [1.82, 2.24) is 9.97 Å². The zero-order valence-electron chi connectivity index (χ0n) is 12.3. The lowest BCUT2D eigenvalue weighted by Crippen LogP contribution is -2.04. The van der Waals surface area contributed by atoms with E-state index in [1.807, 2.05) is 0 Å². The molecule has 3 rings (SSSR count). The average Bonchev–Trinajstić information content (AvgIpc) is 2.53. The first-order chi connectivity index (χ1) is 10.9. The second-order valence-electron chi connectivity index (χ2n) is 5.17. The summed E-state index contributed by atoms with van der Waals surface area (Å²) in [4.78, 5) is 8.72. The normalized spacial score (nSPS) is 11.6. The van der Waals surface area contributed by atoms with E-state index < -0.39 is 9.84 Å². The van der Waals surface area contributed by atoms with Crippen LogP contribution in [0.2, 0.25) is 0 Å². The molecule has 2 aromatic carbocycles. The average molecular weight is 331 g/mol. The van der Waals surface area contributed by atoms with E-state index in [2.05, 4.69) is 15.3 Å². The highest BCUT2D eigenvalue weighted by molar-refractivity contribution is 7.90. The van der Waals surface area contributed by atoms with Crippen molar-refractivity contribution in [2.45, 2.75) is 11.4 Å². The summed E-state index contributed by atoms with van der Waals surface area (Å²) in [6.45, 7) is 0.442. The molecule has 0 saturated heterocycles. The number of anilines is 1. The molecule has 1 aromatic heterocycles. The van der Waals surface area contributed by atoms with Crippen LogP contribution in [0.4, 0.5) is 10.3 Å². The number of halogens is 1. The van der Waals surface area contributed by atoms with Gasteiger partial charge in [-0.15, -0.1) is 0 Å². The van der Waals surface area contributed by atoms with Gasteiger partial charge in [0.05, 0.1) is 10.4 Å². The van der Waals surface area contributed by atoms with Gasteiger partial charge in [0.25, 0.3) is 0 Å². The van der Waals surface area contributed by atoms with Gasteiger partial charge in [0.1, 0.15) is 5.82 Å². The molecule has 0 amide bonds. The topological polar surface area (TPSA) is 72.0 Å². The van der Waals surface area contributed by atoms with Gasteiger partial charge in [-0.05, 0) is 35.9 Å². The highest BCUT2D eigenvalue weighted by Gasteiger charge is 2.09. The molecule has 5 nitrogen and oxygen atoms in total. The highest BCUT2D eigenvalue weighted by atomic mass is 32.2. The fourth-order valence-corrected chi connectivity index (χ4v) is 2.74. The van der Waals surface area contributed by atoms with Gasteiger partial charge in [-0.25, -0.2) is 22.8 Å². The molecule has 0 saturated carbocycles. The van der Waals surface area contributed by atoms with E-state index in [1.165, 1.54) is 24.3 Å². The Morgan fingerprint density at radius 1 is 1.13 bits per heavy atom. The van der Waals surface area contributed by atoms with Crippen molar-refractivity contribution in [2.75, 3.05) is 11.6 Å². The lowest BCUT2D eigenvalue weighted by atomic mass is 10.2. The van der Waals surface area contributed by atoms with Gasteiger partial charge < -0.3 is 5.32 Å². The Kier molecular flexibility index (Phi) is 3.96. The van der Waals surface area contributed by atoms with Crippen LogP contribution in [0, 0.1) is 5.82 Å². The van der Waals surface area contributed by atoms with Crippen molar-refractivity contribution in [1.29, 1.82) is 0 Å². The maximum atomic E-state index is 12.9. The molecule has 3 aromatic rings. The molecule has 0 bridgehead atoms. The first-order valence-electron chi connectivity index (χ1n) is 6.87. The van der Waals surface area contributed by atoms with Gasteiger partial charge in [-0.3, -0.25) is 0 Å². The molecule has 0 aliphatic carbocycles. The minimum atomic E-state index is -3.28. The Hall–Kier alpha value is -2.54. The van der Waals surface area contributed by atoms with Crippen molar-refractivity contribution in [3.05, 3.63) is 60.0 Å². The van der Waals surface area contributed by atoms with E-state index in [1.54, 1.807) is 24.4 Å². The second-order valence-corrected chi connectivity index (χ2v) is 7.18. The Morgan fingerprint density at radius 3 is 2.57 bits per heavy atom. The molecule has 0 fully saturated rings. The summed E-state index contributed by atoms with van der Waals surface area (Å²) in [7, 11) is -3.28. The molecule has 0 radical (unpaired) electrons. The fraction of sp³-hybridized carbons (Fsp3) is 0.125. The number of nitrogens with one attached hydrogen (secondary N) is 1. The number of rotatable bonds is 4. The molecule has 0 atom stereocenters. The van der Waals surface area contributed by atoms with Crippen LogP contribution in [0.5, 0.6) is 0 Å². The summed E-state index contributed by atoms with van der Waals surface area (Å²) in [5.41, 5.74) is 1.43. The third kappa shape index (κ3) is 3.62. The fourth-order valence-electron chi connectivity index (χ4n) is 2.10. The maximum Gasteiger partial charge on any atom is 0.223 e. The van der Waals surface area contributed by atoms with Crippen molar-refractivity contribution in [2.24, 2.45) is 0 Å². The Balaban J connectivity index is 1.85. The quantitative estimate of drug-likeness (QED) is 0.796. The molecular formula is C16H14FN3O2S. The molecule has 0 aliphatic heterocycles. The van der Waals surface area contributed by atoms with Gasteiger partial charge in [0.2, 0.25) is 5.95 Å².